The van der Waals surface area contributed by atoms with Crippen LogP contribution in [-0.4, -0.2) is 6.61 Å². The van der Waals surface area contributed by atoms with E-state index in [4.69, 9.17) is 4.74 Å². The van der Waals surface area contributed by atoms with E-state index in [0.29, 0.717) is 0 Å². The molecule has 0 aromatic heterocycles. The fraction of sp³-hybridized carbons (Fsp3) is 0.455. The van der Waals surface area contributed by atoms with E-state index in [9.17, 15) is 0 Å². The van der Waals surface area contributed by atoms with Crippen LogP contribution in [0.2, 0.25) is 0 Å². The van der Waals surface area contributed by atoms with Crippen molar-refractivity contribution in [2.75, 3.05) is 6.61 Å². The summed E-state index contributed by atoms with van der Waals surface area (Å²) in [5, 5.41) is 0. The van der Waals surface area contributed by atoms with Crippen molar-refractivity contribution in [3.8, 4) is 5.75 Å². The SMILES string of the molecule is Brc1c(Br)c2c(c3c1CCC3)CCO2. The van der Waals surface area contributed by atoms with Gasteiger partial charge in [0.2, 0.25) is 0 Å². The second-order valence-corrected chi connectivity index (χ2v) is 5.43. The molecule has 0 unspecified atom stereocenters. The van der Waals surface area contributed by atoms with Crippen LogP contribution in [0.4, 0.5) is 0 Å². The van der Waals surface area contributed by atoms with Gasteiger partial charge in [0.25, 0.3) is 0 Å². The Bertz CT molecular complexity index is 373. The molecule has 0 fully saturated rings. The Kier molecular flexibility index (Phi) is 2.13. The quantitative estimate of drug-likeness (QED) is 0.710. The van der Waals surface area contributed by atoms with Crippen LogP contribution in [0.3, 0.4) is 0 Å². The second kappa shape index (κ2) is 3.24. The van der Waals surface area contributed by atoms with Gasteiger partial charge in [-0.25, -0.2) is 0 Å². The maximum absolute atomic E-state index is 5.66. The Morgan fingerprint density at radius 1 is 0.857 bits per heavy atom. The minimum absolute atomic E-state index is 0.844. The molecule has 0 spiro atoms. The third-order valence-electron chi connectivity index (χ3n) is 3.11. The predicted molar refractivity (Wildman–Crippen MR) is 63.1 cm³/mol. The van der Waals surface area contributed by atoms with Crippen molar-refractivity contribution >= 4 is 31.9 Å². The molecule has 1 aromatic rings. The fourth-order valence-electron chi connectivity index (χ4n) is 2.49. The average molecular weight is 318 g/mol. The van der Waals surface area contributed by atoms with E-state index >= 15 is 0 Å². The molecule has 14 heavy (non-hydrogen) atoms. The monoisotopic (exact) mass is 316 g/mol. The Hall–Kier alpha value is -0.0200. The summed E-state index contributed by atoms with van der Waals surface area (Å²) in [5.41, 5.74) is 4.50. The number of hydrogen-bond donors (Lipinski definition) is 0. The number of fused-ring (bicyclic) bond motifs is 3. The van der Waals surface area contributed by atoms with Gasteiger partial charge in [-0.05, 0) is 62.2 Å². The maximum Gasteiger partial charge on any atom is 0.138 e. The van der Waals surface area contributed by atoms with Crippen molar-refractivity contribution in [3.05, 3.63) is 25.6 Å². The van der Waals surface area contributed by atoms with E-state index in [1.807, 2.05) is 0 Å². The van der Waals surface area contributed by atoms with Crippen LogP contribution in [0.5, 0.6) is 5.75 Å². The summed E-state index contributed by atoms with van der Waals surface area (Å²) in [6.07, 6.45) is 4.81. The molecule has 0 amide bonds. The molecular formula is C11H10Br2O. The normalized spacial score (nSPS) is 17.9. The minimum Gasteiger partial charge on any atom is -0.492 e. The molecule has 0 radical (unpaired) electrons. The first-order chi connectivity index (χ1) is 6.79. The number of ether oxygens (including phenoxy) is 1. The van der Waals surface area contributed by atoms with E-state index in [0.717, 1.165) is 23.2 Å². The lowest BCUT2D eigenvalue weighted by atomic mass is 10.0. The van der Waals surface area contributed by atoms with Crippen LogP contribution in [-0.2, 0) is 19.3 Å². The molecule has 74 valence electrons. The molecule has 0 saturated heterocycles. The first kappa shape index (κ1) is 9.22. The van der Waals surface area contributed by atoms with Gasteiger partial charge in [-0.15, -0.1) is 0 Å². The van der Waals surface area contributed by atoms with Crippen LogP contribution in [0.15, 0.2) is 8.95 Å². The van der Waals surface area contributed by atoms with E-state index in [1.165, 1.54) is 34.9 Å². The lowest BCUT2D eigenvalue weighted by Crippen LogP contribution is -1.92. The summed E-state index contributed by atoms with van der Waals surface area (Å²) in [5.74, 6) is 1.08. The highest BCUT2D eigenvalue weighted by molar-refractivity contribution is 9.13. The summed E-state index contributed by atoms with van der Waals surface area (Å²) in [7, 11) is 0. The number of rotatable bonds is 0. The van der Waals surface area contributed by atoms with Gasteiger partial charge in [0, 0.05) is 16.5 Å². The Morgan fingerprint density at radius 3 is 2.50 bits per heavy atom. The predicted octanol–water partition coefficient (Wildman–Crippen LogP) is 3.64. The summed E-state index contributed by atoms with van der Waals surface area (Å²) in [6.45, 7) is 0.844. The summed E-state index contributed by atoms with van der Waals surface area (Å²) in [4.78, 5) is 0. The number of halogens is 2. The zero-order valence-corrected chi connectivity index (χ0v) is 10.9. The van der Waals surface area contributed by atoms with Crippen molar-refractivity contribution in [1.82, 2.24) is 0 Å². The summed E-state index contributed by atoms with van der Waals surface area (Å²) >= 11 is 7.27. The fourth-order valence-corrected chi connectivity index (χ4v) is 3.70. The van der Waals surface area contributed by atoms with Gasteiger partial charge in [0.05, 0.1) is 11.1 Å². The van der Waals surface area contributed by atoms with Crippen LogP contribution in [0.25, 0.3) is 0 Å². The average Bonchev–Trinajstić information content (AvgIpc) is 2.80. The Labute approximate surface area is 100 Å². The molecule has 1 aliphatic heterocycles. The van der Waals surface area contributed by atoms with Crippen LogP contribution >= 0.6 is 31.9 Å². The topological polar surface area (TPSA) is 9.23 Å². The molecule has 3 rings (SSSR count). The molecule has 1 aromatic carbocycles. The largest absolute Gasteiger partial charge is 0.492 e. The van der Waals surface area contributed by atoms with Crippen molar-refractivity contribution in [3.63, 3.8) is 0 Å². The Balaban J connectivity index is 2.34. The molecule has 0 bridgehead atoms. The zero-order chi connectivity index (χ0) is 9.71. The van der Waals surface area contributed by atoms with E-state index in [-0.39, 0.29) is 0 Å². The number of benzene rings is 1. The van der Waals surface area contributed by atoms with Gasteiger partial charge in [0.15, 0.2) is 0 Å². The van der Waals surface area contributed by atoms with Crippen LogP contribution in [0, 0.1) is 0 Å². The molecule has 3 heteroatoms. The standard InChI is InChI=1S/C11H10Br2O/c12-9-7-3-1-2-6(7)8-4-5-14-11(8)10(9)13/h1-5H2. The number of hydrogen-bond acceptors (Lipinski definition) is 1. The van der Waals surface area contributed by atoms with E-state index in [2.05, 4.69) is 31.9 Å². The van der Waals surface area contributed by atoms with E-state index in [1.54, 1.807) is 5.56 Å². The highest BCUT2D eigenvalue weighted by atomic mass is 79.9. The van der Waals surface area contributed by atoms with Crippen molar-refractivity contribution < 1.29 is 4.74 Å². The molecule has 0 atom stereocenters. The van der Waals surface area contributed by atoms with Crippen molar-refractivity contribution in [2.45, 2.75) is 25.7 Å². The zero-order valence-electron chi connectivity index (χ0n) is 7.70. The van der Waals surface area contributed by atoms with Crippen LogP contribution < -0.4 is 4.74 Å². The van der Waals surface area contributed by atoms with E-state index < -0.39 is 0 Å². The van der Waals surface area contributed by atoms with Gasteiger partial charge in [0.1, 0.15) is 5.75 Å². The highest BCUT2D eigenvalue weighted by Crippen LogP contribution is 2.46. The molecule has 0 saturated carbocycles. The second-order valence-electron chi connectivity index (χ2n) is 3.84. The molecule has 1 heterocycles. The molecule has 1 nitrogen and oxygen atoms in total. The van der Waals surface area contributed by atoms with Crippen LogP contribution in [0.1, 0.15) is 23.1 Å². The maximum atomic E-state index is 5.66. The van der Waals surface area contributed by atoms with Crippen molar-refractivity contribution in [1.29, 1.82) is 0 Å². The van der Waals surface area contributed by atoms with Gasteiger partial charge in [-0.3, -0.25) is 0 Å². The van der Waals surface area contributed by atoms with Crippen molar-refractivity contribution in [2.24, 2.45) is 0 Å². The lowest BCUT2D eigenvalue weighted by molar-refractivity contribution is 0.354. The molecular weight excluding hydrogens is 308 g/mol. The smallest absolute Gasteiger partial charge is 0.138 e. The molecule has 1 aliphatic carbocycles. The summed E-state index contributed by atoms with van der Waals surface area (Å²) < 4.78 is 7.99. The highest BCUT2D eigenvalue weighted by Gasteiger charge is 2.27. The van der Waals surface area contributed by atoms with Gasteiger partial charge >= 0.3 is 0 Å². The van der Waals surface area contributed by atoms with Gasteiger partial charge in [-0.1, -0.05) is 0 Å². The first-order valence-corrected chi connectivity index (χ1v) is 6.52. The van der Waals surface area contributed by atoms with Gasteiger partial charge < -0.3 is 4.74 Å². The Morgan fingerprint density at radius 2 is 1.64 bits per heavy atom. The summed E-state index contributed by atoms with van der Waals surface area (Å²) in [6, 6.07) is 0. The third kappa shape index (κ3) is 1.12. The first-order valence-electron chi connectivity index (χ1n) is 4.93. The minimum atomic E-state index is 0.844. The van der Waals surface area contributed by atoms with Gasteiger partial charge in [-0.2, -0.15) is 0 Å². The molecule has 2 aliphatic rings. The lowest BCUT2D eigenvalue weighted by Gasteiger charge is -2.11. The third-order valence-corrected chi connectivity index (χ3v) is 5.28. The molecule has 0 N–H and O–H groups in total.